The fraction of sp³-hybridized carbons (Fsp3) is 0.400. The largest absolute Gasteiger partial charge is 0.341 e. The van der Waals surface area contributed by atoms with Crippen molar-refractivity contribution in [1.82, 2.24) is 19.5 Å². The Labute approximate surface area is 152 Å². The lowest BCUT2D eigenvalue weighted by molar-refractivity contribution is 0.350. The quantitative estimate of drug-likeness (QED) is 0.724. The van der Waals surface area contributed by atoms with Gasteiger partial charge >= 0.3 is 0 Å². The molecule has 0 atom stereocenters. The van der Waals surface area contributed by atoms with Gasteiger partial charge in [0.15, 0.2) is 0 Å². The number of para-hydroxylation sites is 1. The first-order chi connectivity index (χ1) is 12.7. The summed E-state index contributed by atoms with van der Waals surface area (Å²) in [5.41, 5.74) is 1.97. The van der Waals surface area contributed by atoms with E-state index in [0.29, 0.717) is 11.3 Å². The highest BCUT2D eigenvalue weighted by Gasteiger charge is 2.21. The SMILES string of the molecule is CCc1cnc(N2CCC(Cn3cnc4ccccc4c3=O)CC2)nc1. The van der Waals surface area contributed by atoms with E-state index in [-0.39, 0.29) is 5.56 Å². The third-order valence-electron chi connectivity index (χ3n) is 5.18. The highest BCUT2D eigenvalue weighted by atomic mass is 16.1. The van der Waals surface area contributed by atoms with Gasteiger partial charge in [0.25, 0.3) is 5.56 Å². The molecule has 0 radical (unpaired) electrons. The molecule has 1 aromatic carbocycles. The van der Waals surface area contributed by atoms with Crippen molar-refractivity contribution < 1.29 is 0 Å². The van der Waals surface area contributed by atoms with Crippen LogP contribution in [-0.2, 0) is 13.0 Å². The Morgan fingerprint density at radius 2 is 1.81 bits per heavy atom. The van der Waals surface area contributed by atoms with Crippen molar-refractivity contribution in [2.75, 3.05) is 18.0 Å². The monoisotopic (exact) mass is 349 g/mol. The summed E-state index contributed by atoms with van der Waals surface area (Å²) in [6.07, 6.45) is 8.51. The van der Waals surface area contributed by atoms with Gasteiger partial charge in [-0.25, -0.2) is 15.0 Å². The number of nitrogens with zero attached hydrogens (tertiary/aromatic N) is 5. The molecule has 4 rings (SSSR count). The van der Waals surface area contributed by atoms with Crippen LogP contribution in [0.25, 0.3) is 10.9 Å². The second-order valence-corrected chi connectivity index (χ2v) is 6.89. The lowest BCUT2D eigenvalue weighted by Crippen LogP contribution is -2.37. The fourth-order valence-corrected chi connectivity index (χ4v) is 3.52. The lowest BCUT2D eigenvalue weighted by Gasteiger charge is -2.32. The summed E-state index contributed by atoms with van der Waals surface area (Å²) in [6.45, 7) is 4.67. The topological polar surface area (TPSA) is 63.9 Å². The molecule has 3 heterocycles. The number of hydrogen-bond acceptors (Lipinski definition) is 5. The van der Waals surface area contributed by atoms with Gasteiger partial charge in [0, 0.05) is 32.0 Å². The number of rotatable bonds is 4. The standard InChI is InChI=1S/C20H23N5O/c1-2-15-11-21-20(22-12-15)24-9-7-16(8-10-24)13-25-14-23-18-6-4-3-5-17(18)19(25)26/h3-6,11-12,14,16H,2,7-10,13H2,1H3. The number of aromatic nitrogens is 4. The van der Waals surface area contributed by atoms with Crippen LogP contribution in [0.4, 0.5) is 5.95 Å². The molecule has 26 heavy (non-hydrogen) atoms. The molecule has 2 aromatic heterocycles. The van der Waals surface area contributed by atoms with Crippen molar-refractivity contribution in [3.63, 3.8) is 0 Å². The van der Waals surface area contributed by atoms with Crippen LogP contribution in [0.15, 0.2) is 47.8 Å². The van der Waals surface area contributed by atoms with Gasteiger partial charge in [0.05, 0.1) is 17.2 Å². The molecule has 0 bridgehead atoms. The van der Waals surface area contributed by atoms with Crippen LogP contribution in [0.3, 0.4) is 0 Å². The summed E-state index contributed by atoms with van der Waals surface area (Å²) in [7, 11) is 0. The molecule has 0 N–H and O–H groups in total. The second kappa shape index (κ2) is 7.23. The molecule has 0 unspecified atom stereocenters. The van der Waals surface area contributed by atoms with Crippen LogP contribution in [0.2, 0.25) is 0 Å². The minimum absolute atomic E-state index is 0.0523. The van der Waals surface area contributed by atoms with Crippen LogP contribution < -0.4 is 10.5 Å². The zero-order valence-electron chi connectivity index (χ0n) is 15.0. The molecule has 6 heteroatoms. The normalized spacial score (nSPS) is 15.5. The van der Waals surface area contributed by atoms with Crippen molar-refractivity contribution in [2.24, 2.45) is 5.92 Å². The van der Waals surface area contributed by atoms with E-state index in [1.54, 1.807) is 10.9 Å². The van der Waals surface area contributed by atoms with Crippen LogP contribution in [-0.4, -0.2) is 32.6 Å². The van der Waals surface area contributed by atoms with E-state index in [1.807, 2.05) is 36.7 Å². The van der Waals surface area contributed by atoms with E-state index in [1.165, 1.54) is 0 Å². The van der Waals surface area contributed by atoms with Crippen LogP contribution in [0.5, 0.6) is 0 Å². The molecule has 1 aliphatic heterocycles. The first-order valence-electron chi connectivity index (χ1n) is 9.24. The van der Waals surface area contributed by atoms with Gasteiger partial charge in [-0.2, -0.15) is 0 Å². The molecular weight excluding hydrogens is 326 g/mol. The van der Waals surface area contributed by atoms with Crippen LogP contribution >= 0.6 is 0 Å². The third-order valence-corrected chi connectivity index (χ3v) is 5.18. The molecule has 0 aliphatic carbocycles. The Hall–Kier alpha value is -2.76. The van der Waals surface area contributed by atoms with Crippen molar-refractivity contribution in [3.05, 3.63) is 58.9 Å². The number of anilines is 1. The van der Waals surface area contributed by atoms with Gasteiger partial charge in [-0.1, -0.05) is 19.1 Å². The first kappa shape index (κ1) is 16.7. The minimum Gasteiger partial charge on any atom is -0.341 e. The third kappa shape index (κ3) is 3.31. The van der Waals surface area contributed by atoms with Crippen molar-refractivity contribution in [3.8, 4) is 0 Å². The van der Waals surface area contributed by atoms with Gasteiger partial charge < -0.3 is 4.90 Å². The molecular formula is C20H23N5O. The number of benzene rings is 1. The van der Waals surface area contributed by atoms with Crippen molar-refractivity contribution in [2.45, 2.75) is 32.7 Å². The van der Waals surface area contributed by atoms with E-state index in [4.69, 9.17) is 0 Å². The smallest absolute Gasteiger partial charge is 0.261 e. The zero-order valence-corrected chi connectivity index (χ0v) is 15.0. The molecule has 6 nitrogen and oxygen atoms in total. The predicted molar refractivity (Wildman–Crippen MR) is 102 cm³/mol. The Morgan fingerprint density at radius 3 is 2.54 bits per heavy atom. The first-order valence-corrected chi connectivity index (χ1v) is 9.24. The van der Waals surface area contributed by atoms with Crippen molar-refractivity contribution >= 4 is 16.9 Å². The Balaban J connectivity index is 1.42. The summed E-state index contributed by atoms with van der Waals surface area (Å²) in [5, 5.41) is 0.692. The Bertz CT molecular complexity index is 942. The average Bonchev–Trinajstić information content (AvgIpc) is 2.71. The lowest BCUT2D eigenvalue weighted by atomic mass is 9.97. The van der Waals surface area contributed by atoms with Crippen LogP contribution in [0, 0.1) is 5.92 Å². The van der Waals surface area contributed by atoms with Crippen molar-refractivity contribution in [1.29, 1.82) is 0 Å². The zero-order chi connectivity index (χ0) is 17.9. The molecule has 1 saturated heterocycles. The summed E-state index contributed by atoms with van der Waals surface area (Å²) in [5.74, 6) is 1.28. The van der Waals surface area contributed by atoms with E-state index >= 15 is 0 Å². The second-order valence-electron chi connectivity index (χ2n) is 6.89. The van der Waals surface area contributed by atoms with Crippen LogP contribution in [0.1, 0.15) is 25.3 Å². The summed E-state index contributed by atoms with van der Waals surface area (Å²) >= 11 is 0. The number of aryl methyl sites for hydroxylation is 1. The molecule has 0 saturated carbocycles. The summed E-state index contributed by atoms with van der Waals surface area (Å²) < 4.78 is 1.76. The summed E-state index contributed by atoms with van der Waals surface area (Å²) in [4.78, 5) is 28.3. The molecule has 3 aromatic rings. The number of piperidine rings is 1. The molecule has 1 fully saturated rings. The average molecular weight is 349 g/mol. The maximum atomic E-state index is 12.6. The van der Waals surface area contributed by atoms with Gasteiger partial charge in [0.1, 0.15) is 0 Å². The predicted octanol–water partition coefficient (Wildman–Crippen LogP) is 2.67. The molecule has 0 spiro atoms. The highest BCUT2D eigenvalue weighted by molar-refractivity contribution is 5.76. The molecule has 1 aliphatic rings. The van der Waals surface area contributed by atoms with Gasteiger partial charge in [0.2, 0.25) is 5.95 Å². The number of fused-ring (bicyclic) bond motifs is 1. The Kier molecular flexibility index (Phi) is 4.65. The molecule has 0 amide bonds. The Morgan fingerprint density at radius 1 is 1.08 bits per heavy atom. The van der Waals surface area contributed by atoms with Gasteiger partial charge in [-0.3, -0.25) is 9.36 Å². The van der Waals surface area contributed by atoms with E-state index in [2.05, 4.69) is 26.8 Å². The summed E-state index contributed by atoms with van der Waals surface area (Å²) in [6, 6.07) is 7.52. The van der Waals surface area contributed by atoms with E-state index < -0.39 is 0 Å². The fourth-order valence-electron chi connectivity index (χ4n) is 3.52. The highest BCUT2D eigenvalue weighted by Crippen LogP contribution is 2.21. The van der Waals surface area contributed by atoms with E-state index in [0.717, 1.165) is 55.9 Å². The van der Waals surface area contributed by atoms with E-state index in [9.17, 15) is 4.79 Å². The maximum absolute atomic E-state index is 12.6. The minimum atomic E-state index is 0.0523. The van der Waals surface area contributed by atoms with Gasteiger partial charge in [-0.05, 0) is 42.9 Å². The maximum Gasteiger partial charge on any atom is 0.261 e. The number of hydrogen-bond donors (Lipinski definition) is 0. The molecule has 134 valence electrons. The van der Waals surface area contributed by atoms with Gasteiger partial charge in [-0.15, -0.1) is 0 Å².